The highest BCUT2D eigenvalue weighted by molar-refractivity contribution is 4.85. The van der Waals surface area contributed by atoms with E-state index in [1.165, 1.54) is 25.9 Å². The molecule has 2 heteroatoms. The summed E-state index contributed by atoms with van der Waals surface area (Å²) in [6, 6.07) is 0. The second-order valence-corrected chi connectivity index (χ2v) is 5.50. The van der Waals surface area contributed by atoms with Crippen LogP contribution in [0.2, 0.25) is 0 Å². The molecule has 1 aliphatic rings. The molecule has 0 heterocycles. The smallest absolute Gasteiger partial charge is 0.000924 e. The minimum atomic E-state index is 0.910. The Kier molecular flexibility index (Phi) is 4.39. The van der Waals surface area contributed by atoms with Crippen LogP contribution in [-0.2, 0) is 0 Å². The fraction of sp³-hybridized carbons (Fsp3) is 1.00. The summed E-state index contributed by atoms with van der Waals surface area (Å²) in [5.74, 6) is 2.75. The SMILES string of the molecule is CC1CC[C@@H](CN(C)C)C1CN(C)C. The summed E-state index contributed by atoms with van der Waals surface area (Å²) in [7, 11) is 8.76. The first-order valence-corrected chi connectivity index (χ1v) is 5.80. The van der Waals surface area contributed by atoms with Crippen LogP contribution in [0.5, 0.6) is 0 Å². The summed E-state index contributed by atoms with van der Waals surface area (Å²) in [6.07, 6.45) is 2.86. The first-order valence-electron chi connectivity index (χ1n) is 5.80. The molecule has 0 radical (unpaired) electrons. The summed E-state index contributed by atoms with van der Waals surface area (Å²) >= 11 is 0. The fourth-order valence-electron chi connectivity index (χ4n) is 2.82. The lowest BCUT2D eigenvalue weighted by atomic mass is 9.89. The van der Waals surface area contributed by atoms with E-state index in [0.29, 0.717) is 0 Å². The minimum absolute atomic E-state index is 0.910. The molecule has 2 unspecified atom stereocenters. The van der Waals surface area contributed by atoms with Crippen LogP contribution in [0.3, 0.4) is 0 Å². The van der Waals surface area contributed by atoms with Crippen molar-refractivity contribution in [2.75, 3.05) is 41.3 Å². The Morgan fingerprint density at radius 1 is 0.929 bits per heavy atom. The Morgan fingerprint density at radius 3 is 2.00 bits per heavy atom. The van der Waals surface area contributed by atoms with Gasteiger partial charge in [-0.15, -0.1) is 0 Å². The van der Waals surface area contributed by atoms with Crippen LogP contribution >= 0.6 is 0 Å². The Morgan fingerprint density at radius 2 is 1.50 bits per heavy atom. The topological polar surface area (TPSA) is 6.48 Å². The van der Waals surface area contributed by atoms with E-state index in [2.05, 4.69) is 44.9 Å². The number of nitrogens with zero attached hydrogens (tertiary/aromatic N) is 2. The van der Waals surface area contributed by atoms with Gasteiger partial charge in [-0.2, -0.15) is 0 Å². The molecule has 0 bridgehead atoms. The molecule has 0 spiro atoms. The predicted octanol–water partition coefficient (Wildman–Crippen LogP) is 1.77. The van der Waals surface area contributed by atoms with E-state index in [-0.39, 0.29) is 0 Å². The van der Waals surface area contributed by atoms with Gasteiger partial charge in [-0.25, -0.2) is 0 Å². The summed E-state index contributed by atoms with van der Waals surface area (Å²) in [6.45, 7) is 4.95. The molecule has 84 valence electrons. The molecule has 0 aliphatic heterocycles. The van der Waals surface area contributed by atoms with Crippen molar-refractivity contribution in [3.8, 4) is 0 Å². The van der Waals surface area contributed by atoms with Gasteiger partial charge in [-0.1, -0.05) is 13.3 Å². The average molecular weight is 198 g/mol. The molecular formula is C12H26N2. The summed E-state index contributed by atoms with van der Waals surface area (Å²) in [4.78, 5) is 4.68. The quantitative estimate of drug-likeness (QED) is 0.679. The highest BCUT2D eigenvalue weighted by atomic mass is 15.1. The second kappa shape index (κ2) is 5.13. The third kappa shape index (κ3) is 3.25. The molecule has 0 saturated heterocycles. The standard InChI is InChI=1S/C12H26N2/c1-10-6-7-11(8-13(2)3)12(10)9-14(4)5/h10-12H,6-9H2,1-5H3/t10?,11-,12?/m0/s1. The van der Waals surface area contributed by atoms with Gasteiger partial charge in [-0.3, -0.25) is 0 Å². The van der Waals surface area contributed by atoms with Crippen molar-refractivity contribution in [1.82, 2.24) is 9.80 Å². The maximum absolute atomic E-state index is 2.42. The third-order valence-electron chi connectivity index (χ3n) is 3.50. The summed E-state index contributed by atoms with van der Waals surface area (Å²) in [5, 5.41) is 0. The molecule has 0 aromatic carbocycles. The zero-order valence-electron chi connectivity index (χ0n) is 10.5. The molecule has 3 atom stereocenters. The van der Waals surface area contributed by atoms with E-state index in [0.717, 1.165) is 17.8 Å². The Balaban J connectivity index is 2.48. The molecule has 1 aliphatic carbocycles. The molecular weight excluding hydrogens is 172 g/mol. The Bertz CT molecular complexity index is 166. The molecule has 0 aromatic rings. The van der Waals surface area contributed by atoms with Crippen LogP contribution in [-0.4, -0.2) is 51.1 Å². The maximum atomic E-state index is 2.42. The molecule has 14 heavy (non-hydrogen) atoms. The van der Waals surface area contributed by atoms with Crippen molar-refractivity contribution < 1.29 is 0 Å². The van der Waals surface area contributed by atoms with E-state index in [1.54, 1.807) is 0 Å². The van der Waals surface area contributed by atoms with E-state index < -0.39 is 0 Å². The van der Waals surface area contributed by atoms with E-state index in [4.69, 9.17) is 0 Å². The lowest BCUT2D eigenvalue weighted by Gasteiger charge is -2.28. The monoisotopic (exact) mass is 198 g/mol. The second-order valence-electron chi connectivity index (χ2n) is 5.50. The van der Waals surface area contributed by atoms with Gasteiger partial charge in [0.2, 0.25) is 0 Å². The van der Waals surface area contributed by atoms with E-state index >= 15 is 0 Å². The van der Waals surface area contributed by atoms with Crippen LogP contribution in [0.4, 0.5) is 0 Å². The molecule has 1 rings (SSSR count). The van der Waals surface area contributed by atoms with Crippen LogP contribution in [0, 0.1) is 17.8 Å². The van der Waals surface area contributed by atoms with Gasteiger partial charge in [0.1, 0.15) is 0 Å². The van der Waals surface area contributed by atoms with Gasteiger partial charge < -0.3 is 9.80 Å². The Labute approximate surface area is 89.3 Å². The van der Waals surface area contributed by atoms with Gasteiger partial charge >= 0.3 is 0 Å². The number of hydrogen-bond donors (Lipinski definition) is 0. The van der Waals surface area contributed by atoms with Crippen molar-refractivity contribution in [2.45, 2.75) is 19.8 Å². The highest BCUT2D eigenvalue weighted by Gasteiger charge is 2.33. The van der Waals surface area contributed by atoms with E-state index in [1.807, 2.05) is 0 Å². The van der Waals surface area contributed by atoms with Crippen molar-refractivity contribution in [3.63, 3.8) is 0 Å². The Hall–Kier alpha value is -0.0800. The van der Waals surface area contributed by atoms with Gasteiger partial charge in [0, 0.05) is 13.1 Å². The van der Waals surface area contributed by atoms with E-state index in [9.17, 15) is 0 Å². The minimum Gasteiger partial charge on any atom is -0.309 e. The largest absolute Gasteiger partial charge is 0.309 e. The van der Waals surface area contributed by atoms with Crippen molar-refractivity contribution in [1.29, 1.82) is 0 Å². The first kappa shape index (κ1) is 12.0. The number of hydrogen-bond acceptors (Lipinski definition) is 2. The van der Waals surface area contributed by atoms with Gasteiger partial charge in [0.25, 0.3) is 0 Å². The van der Waals surface area contributed by atoms with Crippen LogP contribution in [0.1, 0.15) is 19.8 Å². The molecule has 0 amide bonds. The first-order chi connectivity index (χ1) is 6.50. The predicted molar refractivity (Wildman–Crippen MR) is 62.5 cm³/mol. The lowest BCUT2D eigenvalue weighted by Crippen LogP contribution is -2.32. The number of rotatable bonds is 4. The zero-order valence-corrected chi connectivity index (χ0v) is 10.5. The molecule has 1 fully saturated rings. The molecule has 1 saturated carbocycles. The van der Waals surface area contributed by atoms with Crippen molar-refractivity contribution >= 4 is 0 Å². The molecule has 0 aromatic heterocycles. The molecule has 0 N–H and O–H groups in total. The normalized spacial score (nSPS) is 33.2. The fourth-order valence-corrected chi connectivity index (χ4v) is 2.82. The highest BCUT2D eigenvalue weighted by Crippen LogP contribution is 2.37. The van der Waals surface area contributed by atoms with Crippen LogP contribution in [0.25, 0.3) is 0 Å². The van der Waals surface area contributed by atoms with Crippen molar-refractivity contribution in [3.05, 3.63) is 0 Å². The summed E-state index contributed by atoms with van der Waals surface area (Å²) in [5.41, 5.74) is 0. The summed E-state index contributed by atoms with van der Waals surface area (Å²) < 4.78 is 0. The van der Waals surface area contributed by atoms with Gasteiger partial charge in [0.05, 0.1) is 0 Å². The van der Waals surface area contributed by atoms with Gasteiger partial charge in [0.15, 0.2) is 0 Å². The maximum Gasteiger partial charge on any atom is 0.000924 e. The lowest BCUT2D eigenvalue weighted by molar-refractivity contribution is 0.202. The average Bonchev–Trinajstić information content (AvgIpc) is 2.34. The van der Waals surface area contributed by atoms with Crippen molar-refractivity contribution in [2.24, 2.45) is 17.8 Å². The van der Waals surface area contributed by atoms with Gasteiger partial charge in [-0.05, 0) is 52.4 Å². The van der Waals surface area contributed by atoms with Crippen LogP contribution in [0.15, 0.2) is 0 Å². The third-order valence-corrected chi connectivity index (χ3v) is 3.50. The van der Waals surface area contributed by atoms with Crippen LogP contribution < -0.4 is 0 Å². The molecule has 2 nitrogen and oxygen atoms in total. The zero-order chi connectivity index (χ0) is 10.7.